The van der Waals surface area contributed by atoms with E-state index in [9.17, 15) is 0 Å². The van der Waals surface area contributed by atoms with Crippen LogP contribution in [0.25, 0.3) is 0 Å². The van der Waals surface area contributed by atoms with Crippen LogP contribution in [0.1, 0.15) is 33.1 Å². The van der Waals surface area contributed by atoms with Crippen LogP contribution in [-0.2, 0) is 0 Å². The van der Waals surface area contributed by atoms with E-state index in [0.717, 1.165) is 5.92 Å². The molecule has 3 aliphatic rings. The molecule has 1 aliphatic carbocycles. The van der Waals surface area contributed by atoms with Crippen molar-refractivity contribution in [2.45, 2.75) is 51.2 Å². The van der Waals surface area contributed by atoms with Crippen molar-refractivity contribution in [2.75, 3.05) is 6.54 Å². The van der Waals surface area contributed by atoms with Crippen molar-refractivity contribution >= 4 is 0 Å². The predicted molar refractivity (Wildman–Crippen MR) is 50.9 cm³/mol. The Morgan fingerprint density at radius 2 is 2.08 bits per heavy atom. The highest BCUT2D eigenvalue weighted by Gasteiger charge is 2.39. The largest absolute Gasteiger partial charge is 0.326 e. The summed E-state index contributed by atoms with van der Waals surface area (Å²) in [6, 6.07) is 1.83. The van der Waals surface area contributed by atoms with Gasteiger partial charge in [0.2, 0.25) is 0 Å². The smallest absolute Gasteiger partial charge is 0.0250 e. The van der Waals surface area contributed by atoms with E-state index in [1.165, 1.54) is 25.8 Å². The molecule has 3 rings (SSSR count). The maximum atomic E-state index is 6.11. The summed E-state index contributed by atoms with van der Waals surface area (Å²) in [6.07, 6.45) is 4.03. The van der Waals surface area contributed by atoms with E-state index in [1.807, 2.05) is 0 Å². The Hall–Kier alpha value is -0.0800. The first-order valence-corrected chi connectivity index (χ1v) is 5.20. The summed E-state index contributed by atoms with van der Waals surface area (Å²) in [7, 11) is 0. The molecule has 70 valence electrons. The Labute approximate surface area is 75.1 Å². The third kappa shape index (κ3) is 1.27. The Balaban J connectivity index is 2.09. The SMILES string of the molecule is CC(C)N1C[C@H]2CC[C@@H]1[C@H](N)C2. The van der Waals surface area contributed by atoms with Crippen LogP contribution in [-0.4, -0.2) is 29.6 Å². The van der Waals surface area contributed by atoms with Crippen LogP contribution in [0, 0.1) is 5.92 Å². The average Bonchev–Trinajstić information content (AvgIpc) is 2.04. The van der Waals surface area contributed by atoms with Crippen LogP contribution in [0.3, 0.4) is 0 Å². The molecule has 2 aliphatic heterocycles. The fraction of sp³-hybridized carbons (Fsp3) is 1.00. The van der Waals surface area contributed by atoms with Gasteiger partial charge in [-0.15, -0.1) is 0 Å². The zero-order chi connectivity index (χ0) is 8.72. The highest BCUT2D eigenvalue weighted by molar-refractivity contribution is 4.96. The number of fused-ring (bicyclic) bond motifs is 3. The zero-order valence-electron chi connectivity index (χ0n) is 8.16. The van der Waals surface area contributed by atoms with E-state index in [4.69, 9.17) is 5.73 Å². The van der Waals surface area contributed by atoms with Gasteiger partial charge in [0, 0.05) is 24.7 Å². The van der Waals surface area contributed by atoms with Gasteiger partial charge in [-0.3, -0.25) is 4.90 Å². The highest BCUT2D eigenvalue weighted by Crippen LogP contribution is 2.35. The Kier molecular flexibility index (Phi) is 2.13. The quantitative estimate of drug-likeness (QED) is 0.637. The fourth-order valence-electron chi connectivity index (χ4n) is 2.89. The van der Waals surface area contributed by atoms with Gasteiger partial charge < -0.3 is 5.73 Å². The van der Waals surface area contributed by atoms with Gasteiger partial charge in [-0.1, -0.05) is 0 Å². The van der Waals surface area contributed by atoms with Crippen LogP contribution in [0.2, 0.25) is 0 Å². The molecular formula is C10H20N2. The molecule has 0 aromatic heterocycles. The van der Waals surface area contributed by atoms with E-state index in [1.54, 1.807) is 0 Å². The molecule has 3 fully saturated rings. The van der Waals surface area contributed by atoms with E-state index < -0.39 is 0 Å². The number of rotatable bonds is 1. The first-order chi connectivity index (χ1) is 5.68. The topological polar surface area (TPSA) is 29.3 Å². The standard InChI is InChI=1S/C10H20N2/c1-7(2)12-6-8-3-4-10(12)9(11)5-8/h7-10H,3-6,11H2,1-2H3/t8-,9+,10+/m0/s1. The zero-order valence-corrected chi connectivity index (χ0v) is 8.16. The number of nitrogens with two attached hydrogens (primary N) is 1. The maximum Gasteiger partial charge on any atom is 0.0250 e. The predicted octanol–water partition coefficient (Wildman–Crippen LogP) is 1.21. The second kappa shape index (κ2) is 3.00. The van der Waals surface area contributed by atoms with Gasteiger partial charge in [0.25, 0.3) is 0 Å². The molecule has 2 saturated heterocycles. The second-order valence-corrected chi connectivity index (χ2v) is 4.70. The summed E-state index contributed by atoms with van der Waals surface area (Å²) >= 11 is 0. The summed E-state index contributed by atoms with van der Waals surface area (Å²) < 4.78 is 0. The summed E-state index contributed by atoms with van der Waals surface area (Å²) in [5.41, 5.74) is 6.11. The average molecular weight is 168 g/mol. The number of piperidine rings is 2. The van der Waals surface area contributed by atoms with Gasteiger partial charge in [0.05, 0.1) is 0 Å². The van der Waals surface area contributed by atoms with Crippen LogP contribution in [0.4, 0.5) is 0 Å². The van der Waals surface area contributed by atoms with Crippen molar-refractivity contribution in [3.8, 4) is 0 Å². The van der Waals surface area contributed by atoms with Gasteiger partial charge in [0.1, 0.15) is 0 Å². The molecule has 0 amide bonds. The number of nitrogens with zero attached hydrogens (tertiary/aromatic N) is 1. The first-order valence-electron chi connectivity index (χ1n) is 5.20. The monoisotopic (exact) mass is 168 g/mol. The van der Waals surface area contributed by atoms with Crippen molar-refractivity contribution in [3.05, 3.63) is 0 Å². The van der Waals surface area contributed by atoms with Gasteiger partial charge >= 0.3 is 0 Å². The molecule has 2 N–H and O–H groups in total. The van der Waals surface area contributed by atoms with Crippen LogP contribution >= 0.6 is 0 Å². The van der Waals surface area contributed by atoms with Gasteiger partial charge in [-0.25, -0.2) is 0 Å². The van der Waals surface area contributed by atoms with Crippen molar-refractivity contribution in [2.24, 2.45) is 11.7 Å². The van der Waals surface area contributed by atoms with Gasteiger partial charge in [0.15, 0.2) is 0 Å². The summed E-state index contributed by atoms with van der Waals surface area (Å²) in [4.78, 5) is 2.60. The van der Waals surface area contributed by atoms with Crippen molar-refractivity contribution in [1.29, 1.82) is 0 Å². The molecule has 2 heterocycles. The molecule has 2 heteroatoms. The Bertz CT molecular complexity index is 167. The van der Waals surface area contributed by atoms with Crippen molar-refractivity contribution < 1.29 is 0 Å². The summed E-state index contributed by atoms with van der Waals surface area (Å²) in [5, 5.41) is 0. The lowest BCUT2D eigenvalue weighted by molar-refractivity contribution is 0.0101. The Morgan fingerprint density at radius 3 is 2.50 bits per heavy atom. The normalized spacial score (nSPS) is 42.5. The number of hydrogen-bond donors (Lipinski definition) is 1. The lowest BCUT2D eigenvalue weighted by atomic mass is 9.76. The molecule has 0 aromatic rings. The molecule has 0 radical (unpaired) electrons. The van der Waals surface area contributed by atoms with Crippen LogP contribution < -0.4 is 5.73 Å². The second-order valence-electron chi connectivity index (χ2n) is 4.70. The number of hydrogen-bond acceptors (Lipinski definition) is 2. The lowest BCUT2D eigenvalue weighted by Gasteiger charge is -2.50. The molecule has 2 bridgehead atoms. The third-order valence-electron chi connectivity index (χ3n) is 3.53. The lowest BCUT2D eigenvalue weighted by Crippen LogP contribution is -2.60. The van der Waals surface area contributed by atoms with E-state index in [0.29, 0.717) is 18.1 Å². The minimum absolute atomic E-state index is 0.458. The van der Waals surface area contributed by atoms with Crippen molar-refractivity contribution in [1.82, 2.24) is 4.90 Å². The van der Waals surface area contributed by atoms with Gasteiger partial charge in [-0.05, 0) is 39.0 Å². The minimum atomic E-state index is 0.458. The summed E-state index contributed by atoms with van der Waals surface area (Å²) in [5.74, 6) is 0.896. The highest BCUT2D eigenvalue weighted by atomic mass is 15.2. The van der Waals surface area contributed by atoms with Crippen LogP contribution in [0.15, 0.2) is 0 Å². The van der Waals surface area contributed by atoms with Gasteiger partial charge in [-0.2, -0.15) is 0 Å². The first kappa shape index (κ1) is 8.52. The molecule has 1 saturated carbocycles. The third-order valence-corrected chi connectivity index (χ3v) is 3.53. The molecule has 0 spiro atoms. The molecule has 0 unspecified atom stereocenters. The Morgan fingerprint density at radius 1 is 1.33 bits per heavy atom. The fourth-order valence-corrected chi connectivity index (χ4v) is 2.89. The molecule has 12 heavy (non-hydrogen) atoms. The van der Waals surface area contributed by atoms with E-state index in [-0.39, 0.29) is 0 Å². The maximum absolute atomic E-state index is 6.11. The molecule has 0 aromatic carbocycles. The van der Waals surface area contributed by atoms with E-state index in [2.05, 4.69) is 18.7 Å². The van der Waals surface area contributed by atoms with Crippen LogP contribution in [0.5, 0.6) is 0 Å². The molecular weight excluding hydrogens is 148 g/mol. The summed E-state index contributed by atoms with van der Waals surface area (Å²) in [6.45, 7) is 5.87. The molecule has 2 nitrogen and oxygen atoms in total. The minimum Gasteiger partial charge on any atom is -0.326 e. The molecule has 3 atom stereocenters. The van der Waals surface area contributed by atoms with Crippen molar-refractivity contribution in [3.63, 3.8) is 0 Å². The van der Waals surface area contributed by atoms with E-state index >= 15 is 0 Å².